The van der Waals surface area contributed by atoms with Gasteiger partial charge in [-0.25, -0.2) is 0 Å². The van der Waals surface area contributed by atoms with E-state index in [1.807, 2.05) is 59.5 Å². The fourth-order valence-electron chi connectivity index (χ4n) is 3.23. The molecule has 1 saturated heterocycles. The summed E-state index contributed by atoms with van der Waals surface area (Å²) in [6.45, 7) is 3.99. The van der Waals surface area contributed by atoms with E-state index in [2.05, 4.69) is 10.2 Å². The summed E-state index contributed by atoms with van der Waals surface area (Å²) in [6, 6.07) is 17.7. The minimum atomic E-state index is -0.823. The summed E-state index contributed by atoms with van der Waals surface area (Å²) in [6.07, 6.45) is 0.0402. The van der Waals surface area contributed by atoms with Crippen molar-refractivity contribution in [1.82, 2.24) is 10.2 Å². The van der Waals surface area contributed by atoms with Crippen LogP contribution in [0.15, 0.2) is 54.6 Å². The molecule has 142 valence electrons. The van der Waals surface area contributed by atoms with Crippen LogP contribution in [0, 0.1) is 0 Å². The molecule has 0 spiro atoms. The second-order valence-electron chi connectivity index (χ2n) is 6.69. The highest BCUT2D eigenvalue weighted by Gasteiger charge is 2.21. The van der Waals surface area contributed by atoms with Gasteiger partial charge in [-0.15, -0.1) is 0 Å². The van der Waals surface area contributed by atoms with Gasteiger partial charge in [-0.2, -0.15) is 0 Å². The van der Waals surface area contributed by atoms with E-state index in [1.165, 1.54) is 5.56 Å². The summed E-state index contributed by atoms with van der Waals surface area (Å²) in [5, 5.41) is 12.1. The number of carboxylic acids is 1. The minimum absolute atomic E-state index is 0.0402. The zero-order valence-corrected chi connectivity index (χ0v) is 15.3. The van der Waals surface area contributed by atoms with Crippen molar-refractivity contribution < 1.29 is 14.7 Å². The van der Waals surface area contributed by atoms with Crippen LogP contribution in [-0.2, 0) is 22.6 Å². The predicted molar refractivity (Wildman–Crippen MR) is 105 cm³/mol. The average molecular weight is 367 g/mol. The van der Waals surface area contributed by atoms with Crippen molar-refractivity contribution in [3.63, 3.8) is 0 Å². The summed E-state index contributed by atoms with van der Waals surface area (Å²) in [7, 11) is 0. The molecule has 1 aliphatic heterocycles. The van der Waals surface area contributed by atoms with E-state index in [4.69, 9.17) is 5.11 Å². The van der Waals surface area contributed by atoms with Crippen LogP contribution >= 0.6 is 0 Å². The van der Waals surface area contributed by atoms with Crippen LogP contribution < -0.4 is 10.2 Å². The number of carbonyl (C=O) groups is 2. The maximum atomic E-state index is 12.4. The summed E-state index contributed by atoms with van der Waals surface area (Å²) >= 11 is 0. The molecule has 27 heavy (non-hydrogen) atoms. The van der Waals surface area contributed by atoms with Gasteiger partial charge in [-0.05, 0) is 23.3 Å². The third-order valence-corrected chi connectivity index (χ3v) is 4.74. The van der Waals surface area contributed by atoms with Gasteiger partial charge in [-0.1, -0.05) is 42.5 Å². The topological polar surface area (TPSA) is 72.9 Å². The lowest BCUT2D eigenvalue weighted by Gasteiger charge is -2.36. The van der Waals surface area contributed by atoms with Gasteiger partial charge in [-0.3, -0.25) is 9.59 Å². The first-order valence-electron chi connectivity index (χ1n) is 9.20. The van der Waals surface area contributed by atoms with Crippen LogP contribution in [-0.4, -0.2) is 54.6 Å². The Hall–Kier alpha value is -2.86. The van der Waals surface area contributed by atoms with Crippen molar-refractivity contribution in [2.75, 3.05) is 37.6 Å². The molecule has 2 aromatic carbocycles. The molecule has 1 heterocycles. The average Bonchev–Trinajstić information content (AvgIpc) is 2.69. The molecule has 0 aliphatic carbocycles. The maximum absolute atomic E-state index is 12.4. The van der Waals surface area contributed by atoms with Crippen molar-refractivity contribution in [3.05, 3.63) is 65.7 Å². The lowest BCUT2D eigenvalue weighted by molar-refractivity contribution is -0.136. The van der Waals surface area contributed by atoms with Crippen LogP contribution in [0.25, 0.3) is 0 Å². The van der Waals surface area contributed by atoms with E-state index in [0.717, 1.165) is 24.3 Å². The minimum Gasteiger partial charge on any atom is -0.481 e. The summed E-state index contributed by atoms with van der Waals surface area (Å²) in [4.78, 5) is 27.3. The van der Waals surface area contributed by atoms with Crippen molar-refractivity contribution >= 4 is 17.6 Å². The first-order chi connectivity index (χ1) is 13.1. The molecule has 0 saturated carbocycles. The lowest BCUT2D eigenvalue weighted by atomic mass is 10.1. The van der Waals surface area contributed by atoms with Gasteiger partial charge in [0.1, 0.15) is 0 Å². The van der Waals surface area contributed by atoms with E-state index in [0.29, 0.717) is 26.2 Å². The molecule has 1 aliphatic rings. The first-order valence-corrected chi connectivity index (χ1v) is 9.20. The van der Waals surface area contributed by atoms with Crippen molar-refractivity contribution in [2.24, 2.45) is 0 Å². The van der Waals surface area contributed by atoms with Gasteiger partial charge in [0.25, 0.3) is 0 Å². The molecule has 2 N–H and O–H groups in total. The van der Waals surface area contributed by atoms with E-state index >= 15 is 0 Å². The number of anilines is 1. The molecule has 0 radical (unpaired) electrons. The summed E-state index contributed by atoms with van der Waals surface area (Å²) in [5.41, 5.74) is 3.03. The van der Waals surface area contributed by atoms with E-state index in [-0.39, 0.29) is 12.3 Å². The molecule has 0 bridgehead atoms. The van der Waals surface area contributed by atoms with Crippen LogP contribution in [0.1, 0.15) is 11.1 Å². The van der Waals surface area contributed by atoms with E-state index in [9.17, 15) is 9.59 Å². The third kappa shape index (κ3) is 5.56. The third-order valence-electron chi connectivity index (χ3n) is 4.74. The Morgan fingerprint density at radius 3 is 2.19 bits per heavy atom. The highest BCUT2D eigenvalue weighted by molar-refractivity contribution is 5.78. The van der Waals surface area contributed by atoms with Crippen LogP contribution in [0.3, 0.4) is 0 Å². The molecular formula is C21H25N3O3. The second kappa shape index (κ2) is 9.19. The van der Waals surface area contributed by atoms with Gasteiger partial charge in [0, 0.05) is 38.4 Å². The smallest absolute Gasteiger partial charge is 0.307 e. The SMILES string of the molecule is O=C(O)Cc1ccc(N2CCN(C(=O)CNCc3ccccc3)CC2)cc1. The van der Waals surface area contributed by atoms with Crippen molar-refractivity contribution in [2.45, 2.75) is 13.0 Å². The van der Waals surface area contributed by atoms with Gasteiger partial charge >= 0.3 is 5.97 Å². The molecule has 6 nitrogen and oxygen atoms in total. The van der Waals surface area contributed by atoms with Crippen LogP contribution in [0.4, 0.5) is 5.69 Å². The van der Waals surface area contributed by atoms with Crippen molar-refractivity contribution in [3.8, 4) is 0 Å². The number of amides is 1. The molecule has 6 heteroatoms. The number of nitrogens with one attached hydrogen (secondary N) is 1. The van der Waals surface area contributed by atoms with E-state index in [1.54, 1.807) is 0 Å². The number of rotatable bonds is 7. The van der Waals surface area contributed by atoms with Gasteiger partial charge in [0.05, 0.1) is 13.0 Å². The summed E-state index contributed by atoms with van der Waals surface area (Å²) in [5.74, 6) is -0.696. The molecule has 1 amide bonds. The number of nitrogens with zero attached hydrogens (tertiary/aromatic N) is 2. The maximum Gasteiger partial charge on any atom is 0.307 e. The Labute approximate surface area is 159 Å². The molecule has 2 aromatic rings. The predicted octanol–water partition coefficient (Wildman–Crippen LogP) is 1.75. The molecule has 0 atom stereocenters. The molecule has 1 fully saturated rings. The lowest BCUT2D eigenvalue weighted by Crippen LogP contribution is -2.50. The number of carboxylic acid groups (broad SMARTS) is 1. The van der Waals surface area contributed by atoms with Crippen LogP contribution in [0.2, 0.25) is 0 Å². The number of aliphatic carboxylic acids is 1. The highest BCUT2D eigenvalue weighted by atomic mass is 16.4. The van der Waals surface area contributed by atoms with Gasteiger partial charge < -0.3 is 20.2 Å². The first kappa shape index (κ1) is 18.9. The Kier molecular flexibility index (Phi) is 6.44. The molecular weight excluding hydrogens is 342 g/mol. The number of hydrogen-bond donors (Lipinski definition) is 2. The largest absolute Gasteiger partial charge is 0.481 e. The fraction of sp³-hybridized carbons (Fsp3) is 0.333. The molecule has 3 rings (SSSR count). The van der Waals surface area contributed by atoms with E-state index < -0.39 is 5.97 Å². The number of benzene rings is 2. The normalized spacial score (nSPS) is 14.2. The number of piperazine rings is 1. The zero-order valence-electron chi connectivity index (χ0n) is 15.3. The summed E-state index contributed by atoms with van der Waals surface area (Å²) < 4.78 is 0. The zero-order chi connectivity index (χ0) is 19.1. The highest BCUT2D eigenvalue weighted by Crippen LogP contribution is 2.17. The number of carbonyl (C=O) groups excluding carboxylic acids is 1. The van der Waals surface area contributed by atoms with Gasteiger partial charge in [0.15, 0.2) is 0 Å². The Morgan fingerprint density at radius 1 is 0.889 bits per heavy atom. The Morgan fingerprint density at radius 2 is 1.56 bits per heavy atom. The molecule has 0 aromatic heterocycles. The Balaban J connectivity index is 1.42. The van der Waals surface area contributed by atoms with Crippen LogP contribution in [0.5, 0.6) is 0 Å². The van der Waals surface area contributed by atoms with Crippen molar-refractivity contribution in [1.29, 1.82) is 0 Å². The monoisotopic (exact) mass is 367 g/mol. The quantitative estimate of drug-likeness (QED) is 0.780. The molecule has 0 unspecified atom stereocenters. The standard InChI is InChI=1S/C21H25N3O3/c25-20(16-22-15-18-4-2-1-3-5-18)24-12-10-23(11-13-24)19-8-6-17(7-9-19)14-21(26)27/h1-9,22H,10-16H2,(H,26,27). The number of hydrogen-bond acceptors (Lipinski definition) is 4. The van der Waals surface area contributed by atoms with Gasteiger partial charge in [0.2, 0.25) is 5.91 Å². The second-order valence-corrected chi connectivity index (χ2v) is 6.69. The fourth-order valence-corrected chi connectivity index (χ4v) is 3.23. The Bertz CT molecular complexity index is 754.